The second-order valence-electron chi connectivity index (χ2n) is 5.51. The van der Waals surface area contributed by atoms with Gasteiger partial charge in [0.1, 0.15) is 0 Å². The lowest BCUT2D eigenvalue weighted by Crippen LogP contribution is -2.22. The van der Waals surface area contributed by atoms with Crippen molar-refractivity contribution in [2.45, 2.75) is 26.7 Å². The van der Waals surface area contributed by atoms with E-state index in [2.05, 4.69) is 15.1 Å². The van der Waals surface area contributed by atoms with Crippen molar-refractivity contribution in [3.63, 3.8) is 0 Å². The second kappa shape index (κ2) is 6.51. The predicted molar refractivity (Wildman–Crippen MR) is 89.1 cm³/mol. The number of aromatic nitrogens is 5. The van der Waals surface area contributed by atoms with Crippen LogP contribution in [0.4, 0.5) is 0 Å². The lowest BCUT2D eigenvalue weighted by Gasteiger charge is -2.15. The molecular formula is C15H20N6OS. The average molecular weight is 332 g/mol. The summed E-state index contributed by atoms with van der Waals surface area (Å²) in [5.74, 6) is 1.49. The van der Waals surface area contributed by atoms with Gasteiger partial charge in [0.05, 0.1) is 19.1 Å². The second-order valence-corrected chi connectivity index (χ2v) is 5.87. The van der Waals surface area contributed by atoms with Gasteiger partial charge in [-0.1, -0.05) is 0 Å². The topological polar surface area (TPSA) is 57.0 Å². The van der Waals surface area contributed by atoms with Crippen LogP contribution in [0.5, 0.6) is 0 Å². The summed E-state index contributed by atoms with van der Waals surface area (Å²) in [7, 11) is 3.95. The summed E-state index contributed by atoms with van der Waals surface area (Å²) in [5, 5.41) is 8.82. The molecule has 0 unspecified atom stereocenters. The summed E-state index contributed by atoms with van der Waals surface area (Å²) in [6.07, 6.45) is 5.52. The summed E-state index contributed by atoms with van der Waals surface area (Å²) in [6.45, 7) is 4.19. The van der Waals surface area contributed by atoms with Crippen LogP contribution in [0.2, 0.25) is 0 Å². The molecule has 122 valence electrons. The molecule has 0 aliphatic heterocycles. The number of rotatable bonds is 6. The van der Waals surface area contributed by atoms with Gasteiger partial charge in [-0.15, -0.1) is 5.10 Å². The molecule has 7 nitrogen and oxygen atoms in total. The maximum absolute atomic E-state index is 5.55. The molecule has 0 radical (unpaired) electrons. The molecule has 3 aromatic heterocycles. The molecule has 0 N–H and O–H groups in total. The quantitative estimate of drug-likeness (QED) is 0.649. The molecule has 23 heavy (non-hydrogen) atoms. The van der Waals surface area contributed by atoms with Crippen LogP contribution in [0.3, 0.4) is 0 Å². The van der Waals surface area contributed by atoms with Crippen LogP contribution in [0.25, 0.3) is 11.6 Å². The van der Waals surface area contributed by atoms with Gasteiger partial charge in [0.2, 0.25) is 0 Å². The molecule has 0 saturated heterocycles. The third kappa shape index (κ3) is 3.27. The van der Waals surface area contributed by atoms with Gasteiger partial charge < -0.3 is 4.42 Å². The zero-order chi connectivity index (χ0) is 16.4. The Morgan fingerprint density at radius 1 is 1.39 bits per heavy atom. The van der Waals surface area contributed by atoms with Crippen molar-refractivity contribution in [3.8, 4) is 11.6 Å². The Hall–Kier alpha value is -2.19. The highest BCUT2D eigenvalue weighted by Gasteiger charge is 2.15. The first-order valence-corrected chi connectivity index (χ1v) is 7.87. The molecule has 8 heteroatoms. The molecule has 0 spiro atoms. The van der Waals surface area contributed by atoms with E-state index in [9.17, 15) is 0 Å². The normalized spacial score (nSPS) is 11.5. The van der Waals surface area contributed by atoms with E-state index in [0.717, 1.165) is 30.2 Å². The van der Waals surface area contributed by atoms with Crippen molar-refractivity contribution in [2.75, 3.05) is 7.05 Å². The van der Waals surface area contributed by atoms with Crippen LogP contribution in [0, 0.1) is 4.77 Å². The SMILES string of the molecule is CCn1c(-c2ccco2)nn(CN(C)Cc2cnn(C)c2)c1=S. The summed E-state index contributed by atoms with van der Waals surface area (Å²) in [5.41, 5.74) is 1.16. The molecule has 0 atom stereocenters. The minimum Gasteiger partial charge on any atom is -0.461 e. The van der Waals surface area contributed by atoms with Crippen molar-refractivity contribution >= 4 is 12.2 Å². The van der Waals surface area contributed by atoms with Crippen molar-refractivity contribution in [1.82, 2.24) is 29.0 Å². The van der Waals surface area contributed by atoms with Gasteiger partial charge in [-0.3, -0.25) is 14.1 Å². The molecule has 0 fully saturated rings. The fourth-order valence-corrected chi connectivity index (χ4v) is 2.86. The molecule has 0 aliphatic rings. The summed E-state index contributed by atoms with van der Waals surface area (Å²) < 4.78 is 11.8. The summed E-state index contributed by atoms with van der Waals surface area (Å²) in [6, 6.07) is 3.75. The van der Waals surface area contributed by atoms with Gasteiger partial charge in [0.15, 0.2) is 16.4 Å². The standard InChI is InChI=1S/C15H20N6OS/c1-4-20-14(13-6-5-7-22-13)17-21(15(20)23)11-18(2)9-12-8-16-19(3)10-12/h5-8,10H,4,9,11H2,1-3H3. The van der Waals surface area contributed by atoms with E-state index in [1.165, 1.54) is 0 Å². The van der Waals surface area contributed by atoms with Gasteiger partial charge in [-0.05, 0) is 38.3 Å². The van der Waals surface area contributed by atoms with Crippen LogP contribution in [-0.2, 0) is 26.8 Å². The fourth-order valence-electron chi connectivity index (χ4n) is 2.55. The van der Waals surface area contributed by atoms with Crippen LogP contribution in [0.1, 0.15) is 12.5 Å². The smallest absolute Gasteiger partial charge is 0.199 e. The molecular weight excluding hydrogens is 312 g/mol. The lowest BCUT2D eigenvalue weighted by atomic mass is 10.3. The first-order chi connectivity index (χ1) is 11.1. The predicted octanol–water partition coefficient (Wildman–Crippen LogP) is 2.52. The highest BCUT2D eigenvalue weighted by atomic mass is 32.1. The summed E-state index contributed by atoms with van der Waals surface area (Å²) in [4.78, 5) is 2.14. The average Bonchev–Trinajstić information content (AvgIpc) is 3.22. The van der Waals surface area contributed by atoms with Gasteiger partial charge in [0.25, 0.3) is 0 Å². The van der Waals surface area contributed by atoms with E-state index in [1.54, 1.807) is 10.9 Å². The molecule has 0 bridgehead atoms. The fraction of sp³-hybridized carbons (Fsp3) is 0.400. The van der Waals surface area contributed by atoms with Crippen LogP contribution < -0.4 is 0 Å². The Labute approximate surface area is 139 Å². The Balaban J connectivity index is 1.81. The minimum absolute atomic E-state index is 0.606. The number of nitrogens with zero attached hydrogens (tertiary/aromatic N) is 6. The first-order valence-electron chi connectivity index (χ1n) is 7.46. The molecule has 3 rings (SSSR count). The molecule has 0 aromatic carbocycles. The first kappa shape index (κ1) is 15.7. The van der Waals surface area contributed by atoms with Crippen molar-refractivity contribution < 1.29 is 4.42 Å². The molecule has 3 aromatic rings. The van der Waals surface area contributed by atoms with Gasteiger partial charge in [-0.2, -0.15) is 5.10 Å². The van der Waals surface area contributed by atoms with E-state index in [1.807, 2.05) is 54.8 Å². The molecule has 0 aliphatic carbocycles. The third-order valence-electron chi connectivity index (χ3n) is 3.57. The van der Waals surface area contributed by atoms with Crippen LogP contribution >= 0.6 is 12.2 Å². The summed E-state index contributed by atoms with van der Waals surface area (Å²) >= 11 is 5.55. The highest BCUT2D eigenvalue weighted by molar-refractivity contribution is 7.71. The number of hydrogen-bond acceptors (Lipinski definition) is 5. The van der Waals surface area contributed by atoms with E-state index in [4.69, 9.17) is 16.6 Å². The van der Waals surface area contributed by atoms with Crippen molar-refractivity contribution in [3.05, 3.63) is 41.1 Å². The molecule has 0 amide bonds. The maximum atomic E-state index is 5.55. The Morgan fingerprint density at radius 2 is 2.22 bits per heavy atom. The Morgan fingerprint density at radius 3 is 2.83 bits per heavy atom. The highest BCUT2D eigenvalue weighted by Crippen LogP contribution is 2.19. The number of hydrogen-bond donors (Lipinski definition) is 0. The van der Waals surface area contributed by atoms with Gasteiger partial charge in [-0.25, -0.2) is 4.68 Å². The van der Waals surface area contributed by atoms with Gasteiger partial charge >= 0.3 is 0 Å². The van der Waals surface area contributed by atoms with Crippen molar-refractivity contribution in [2.24, 2.45) is 7.05 Å². The largest absolute Gasteiger partial charge is 0.461 e. The monoisotopic (exact) mass is 332 g/mol. The lowest BCUT2D eigenvalue weighted by molar-refractivity contribution is 0.244. The van der Waals surface area contributed by atoms with E-state index in [0.29, 0.717) is 11.4 Å². The van der Waals surface area contributed by atoms with E-state index < -0.39 is 0 Å². The Bertz CT molecular complexity index is 829. The van der Waals surface area contributed by atoms with Crippen LogP contribution in [0.15, 0.2) is 35.2 Å². The third-order valence-corrected chi connectivity index (χ3v) is 4.00. The van der Waals surface area contributed by atoms with E-state index in [-0.39, 0.29) is 0 Å². The maximum Gasteiger partial charge on any atom is 0.199 e. The van der Waals surface area contributed by atoms with Crippen molar-refractivity contribution in [1.29, 1.82) is 0 Å². The zero-order valence-electron chi connectivity index (χ0n) is 13.5. The minimum atomic E-state index is 0.606. The molecule has 0 saturated carbocycles. The van der Waals surface area contributed by atoms with Gasteiger partial charge in [0, 0.05) is 31.9 Å². The molecule has 3 heterocycles. The zero-order valence-corrected chi connectivity index (χ0v) is 14.3. The van der Waals surface area contributed by atoms with E-state index >= 15 is 0 Å². The number of furan rings is 1. The number of aryl methyl sites for hydroxylation is 1. The van der Waals surface area contributed by atoms with Crippen LogP contribution in [-0.4, -0.2) is 36.1 Å². The Kier molecular flexibility index (Phi) is 4.44.